The summed E-state index contributed by atoms with van der Waals surface area (Å²) in [6.45, 7) is 0.579. The Balaban J connectivity index is 2.75. The summed E-state index contributed by atoms with van der Waals surface area (Å²) in [5.74, 6) is -0.151. The fourth-order valence-corrected chi connectivity index (χ4v) is 1.19. The lowest BCUT2D eigenvalue weighted by atomic mass is 10.1. The molecule has 1 aromatic carbocycles. The van der Waals surface area contributed by atoms with Gasteiger partial charge in [-0.1, -0.05) is 22.0 Å². The van der Waals surface area contributed by atoms with Crippen LogP contribution in [-0.4, -0.2) is 17.8 Å². The number of carbonyl (C=O) groups excluding carboxylic acids is 1. The third-order valence-electron chi connectivity index (χ3n) is 1.63. The van der Waals surface area contributed by atoms with Crippen LogP contribution >= 0.6 is 15.9 Å². The van der Waals surface area contributed by atoms with E-state index in [0.717, 1.165) is 5.33 Å². The first-order chi connectivity index (χ1) is 6.77. The van der Waals surface area contributed by atoms with Gasteiger partial charge in [0.15, 0.2) is 0 Å². The highest BCUT2D eigenvalue weighted by atomic mass is 79.9. The summed E-state index contributed by atoms with van der Waals surface area (Å²) in [4.78, 5) is 11.4. The highest BCUT2D eigenvalue weighted by molar-refractivity contribution is 9.09. The number of carbonyl (C=O) groups is 1. The first-order valence-corrected chi connectivity index (χ1v) is 5.24. The molecule has 0 bridgehead atoms. The summed E-state index contributed by atoms with van der Waals surface area (Å²) < 4.78 is 0. The van der Waals surface area contributed by atoms with Gasteiger partial charge in [-0.2, -0.15) is 5.26 Å². The number of hydrogen-bond donors (Lipinski definition) is 1. The highest BCUT2D eigenvalue weighted by Crippen LogP contribution is 2.03. The van der Waals surface area contributed by atoms with Crippen molar-refractivity contribution < 1.29 is 4.79 Å². The predicted molar refractivity (Wildman–Crippen MR) is 57.3 cm³/mol. The van der Waals surface area contributed by atoms with E-state index in [1.165, 1.54) is 0 Å². The Morgan fingerprint density at radius 2 is 2.36 bits per heavy atom. The van der Waals surface area contributed by atoms with Crippen LogP contribution in [0.3, 0.4) is 0 Å². The fraction of sp³-hybridized carbons (Fsp3) is 0.200. The zero-order valence-corrected chi connectivity index (χ0v) is 9.04. The number of amides is 1. The molecule has 0 spiro atoms. The van der Waals surface area contributed by atoms with Crippen LogP contribution in [0, 0.1) is 11.3 Å². The summed E-state index contributed by atoms with van der Waals surface area (Å²) in [5.41, 5.74) is 1.02. The van der Waals surface area contributed by atoms with E-state index in [-0.39, 0.29) is 5.91 Å². The van der Waals surface area contributed by atoms with Gasteiger partial charge in [-0.3, -0.25) is 4.79 Å². The van der Waals surface area contributed by atoms with Crippen molar-refractivity contribution in [3.63, 3.8) is 0 Å². The molecule has 4 heteroatoms. The van der Waals surface area contributed by atoms with Crippen LogP contribution in [0.4, 0.5) is 0 Å². The van der Waals surface area contributed by atoms with Crippen molar-refractivity contribution in [3.05, 3.63) is 35.4 Å². The predicted octanol–water partition coefficient (Wildman–Crippen LogP) is 1.68. The number of nitrogens with one attached hydrogen (secondary N) is 1. The molecular formula is C10H9BrN2O. The lowest BCUT2D eigenvalue weighted by Gasteiger charge is -2.02. The fourth-order valence-electron chi connectivity index (χ4n) is 0.993. The second kappa shape index (κ2) is 5.40. The van der Waals surface area contributed by atoms with Gasteiger partial charge >= 0.3 is 0 Å². The number of benzene rings is 1. The molecule has 0 aliphatic carbocycles. The number of alkyl halides is 1. The smallest absolute Gasteiger partial charge is 0.251 e. The van der Waals surface area contributed by atoms with Gasteiger partial charge in [0.05, 0.1) is 11.6 Å². The van der Waals surface area contributed by atoms with Gasteiger partial charge in [-0.15, -0.1) is 0 Å². The molecule has 0 heterocycles. The molecule has 1 rings (SSSR count). The number of nitriles is 1. The lowest BCUT2D eigenvalue weighted by Crippen LogP contribution is -2.25. The summed E-state index contributed by atoms with van der Waals surface area (Å²) >= 11 is 3.21. The molecule has 1 amide bonds. The molecule has 0 atom stereocenters. The Hall–Kier alpha value is -1.34. The summed E-state index contributed by atoms with van der Waals surface area (Å²) in [5, 5.41) is 12.1. The van der Waals surface area contributed by atoms with Gasteiger partial charge in [0.25, 0.3) is 5.91 Å². The Morgan fingerprint density at radius 3 is 3.00 bits per heavy atom. The summed E-state index contributed by atoms with van der Waals surface area (Å²) in [6.07, 6.45) is 0. The van der Waals surface area contributed by atoms with E-state index in [0.29, 0.717) is 17.7 Å². The minimum Gasteiger partial charge on any atom is -0.351 e. The molecule has 0 aromatic heterocycles. The Bertz CT molecular complexity index is 371. The second-order valence-corrected chi connectivity index (χ2v) is 3.43. The Morgan fingerprint density at radius 1 is 1.57 bits per heavy atom. The number of hydrogen-bond acceptors (Lipinski definition) is 2. The van der Waals surface area contributed by atoms with Gasteiger partial charge < -0.3 is 5.32 Å². The van der Waals surface area contributed by atoms with Crippen molar-refractivity contribution in [2.45, 2.75) is 0 Å². The average molecular weight is 253 g/mol. The molecule has 72 valence electrons. The first-order valence-electron chi connectivity index (χ1n) is 4.12. The van der Waals surface area contributed by atoms with Crippen LogP contribution in [-0.2, 0) is 0 Å². The third kappa shape index (κ3) is 2.86. The van der Waals surface area contributed by atoms with Gasteiger partial charge in [-0.25, -0.2) is 0 Å². The van der Waals surface area contributed by atoms with Crippen LogP contribution in [0.15, 0.2) is 24.3 Å². The van der Waals surface area contributed by atoms with Crippen molar-refractivity contribution in [2.24, 2.45) is 0 Å². The molecule has 0 saturated carbocycles. The molecular weight excluding hydrogens is 244 g/mol. The summed E-state index contributed by atoms with van der Waals surface area (Å²) in [7, 11) is 0. The van der Waals surface area contributed by atoms with Crippen LogP contribution in [0.1, 0.15) is 15.9 Å². The monoisotopic (exact) mass is 252 g/mol. The van der Waals surface area contributed by atoms with Crippen molar-refractivity contribution >= 4 is 21.8 Å². The molecule has 0 aliphatic rings. The first kappa shape index (κ1) is 10.7. The van der Waals surface area contributed by atoms with E-state index in [1.54, 1.807) is 24.3 Å². The minimum atomic E-state index is -0.151. The molecule has 0 unspecified atom stereocenters. The average Bonchev–Trinajstić information content (AvgIpc) is 2.26. The SMILES string of the molecule is N#Cc1cccc(C(=O)NCCBr)c1. The zero-order chi connectivity index (χ0) is 10.4. The van der Waals surface area contributed by atoms with E-state index >= 15 is 0 Å². The lowest BCUT2D eigenvalue weighted by molar-refractivity contribution is 0.0956. The molecule has 0 aliphatic heterocycles. The molecule has 1 N–H and O–H groups in total. The van der Waals surface area contributed by atoms with Gasteiger partial charge in [0.1, 0.15) is 0 Å². The quantitative estimate of drug-likeness (QED) is 0.833. The standard InChI is InChI=1S/C10H9BrN2O/c11-4-5-13-10(14)9-3-1-2-8(6-9)7-12/h1-3,6H,4-5H2,(H,13,14). The number of nitrogens with zero attached hydrogens (tertiary/aromatic N) is 1. The third-order valence-corrected chi connectivity index (χ3v) is 2.03. The molecule has 3 nitrogen and oxygen atoms in total. The van der Waals surface area contributed by atoms with E-state index < -0.39 is 0 Å². The van der Waals surface area contributed by atoms with Gasteiger partial charge in [0, 0.05) is 17.4 Å². The van der Waals surface area contributed by atoms with Gasteiger partial charge in [-0.05, 0) is 18.2 Å². The second-order valence-electron chi connectivity index (χ2n) is 2.64. The zero-order valence-electron chi connectivity index (χ0n) is 7.46. The Kier molecular flexibility index (Phi) is 4.14. The minimum absolute atomic E-state index is 0.151. The summed E-state index contributed by atoms with van der Waals surface area (Å²) in [6, 6.07) is 8.61. The number of halogens is 1. The molecule has 0 fully saturated rings. The topological polar surface area (TPSA) is 52.9 Å². The molecule has 0 saturated heterocycles. The normalized spacial score (nSPS) is 9.14. The van der Waals surface area contributed by atoms with Crippen molar-refractivity contribution in [3.8, 4) is 6.07 Å². The van der Waals surface area contributed by atoms with Crippen molar-refractivity contribution in [1.82, 2.24) is 5.32 Å². The van der Waals surface area contributed by atoms with Crippen LogP contribution in [0.2, 0.25) is 0 Å². The van der Waals surface area contributed by atoms with E-state index in [4.69, 9.17) is 5.26 Å². The number of rotatable bonds is 3. The highest BCUT2D eigenvalue weighted by Gasteiger charge is 2.04. The van der Waals surface area contributed by atoms with Gasteiger partial charge in [0.2, 0.25) is 0 Å². The van der Waals surface area contributed by atoms with E-state index in [1.807, 2.05) is 6.07 Å². The van der Waals surface area contributed by atoms with Crippen LogP contribution in [0.25, 0.3) is 0 Å². The van der Waals surface area contributed by atoms with E-state index in [9.17, 15) is 4.79 Å². The Labute approximate surface area is 90.9 Å². The molecule has 1 aromatic rings. The van der Waals surface area contributed by atoms with Crippen molar-refractivity contribution in [2.75, 3.05) is 11.9 Å². The maximum atomic E-state index is 11.4. The molecule has 14 heavy (non-hydrogen) atoms. The van der Waals surface area contributed by atoms with E-state index in [2.05, 4.69) is 21.2 Å². The van der Waals surface area contributed by atoms with Crippen molar-refractivity contribution in [1.29, 1.82) is 5.26 Å². The maximum Gasteiger partial charge on any atom is 0.251 e. The maximum absolute atomic E-state index is 11.4. The van der Waals surface area contributed by atoms with Crippen LogP contribution in [0.5, 0.6) is 0 Å². The molecule has 0 radical (unpaired) electrons. The van der Waals surface area contributed by atoms with Crippen LogP contribution < -0.4 is 5.32 Å². The largest absolute Gasteiger partial charge is 0.351 e.